The van der Waals surface area contributed by atoms with Crippen molar-refractivity contribution in [2.24, 2.45) is 0 Å². The van der Waals surface area contributed by atoms with E-state index in [9.17, 15) is 14.7 Å². The highest BCUT2D eigenvalue weighted by atomic mass is 16.3. The van der Waals surface area contributed by atoms with Crippen LogP contribution in [0, 0.1) is 0 Å². The van der Waals surface area contributed by atoms with Crippen LogP contribution in [0.3, 0.4) is 0 Å². The number of rotatable bonds is 8. The topological polar surface area (TPSA) is 73.7 Å². The molecule has 6 heteroatoms. The number of benzene rings is 1. The molecule has 1 aliphatic heterocycles. The molecule has 0 unspecified atom stereocenters. The summed E-state index contributed by atoms with van der Waals surface area (Å²) < 4.78 is 0. The van der Waals surface area contributed by atoms with Crippen molar-refractivity contribution in [3.8, 4) is 0 Å². The van der Waals surface area contributed by atoms with Crippen LogP contribution < -0.4 is 0 Å². The highest BCUT2D eigenvalue weighted by molar-refractivity contribution is 6.46. The van der Waals surface area contributed by atoms with Gasteiger partial charge in [0.15, 0.2) is 0 Å². The van der Waals surface area contributed by atoms with E-state index in [1.807, 2.05) is 6.07 Å². The Kier molecular flexibility index (Phi) is 6.77. The molecular formula is C23H27N3O3. The van der Waals surface area contributed by atoms with E-state index in [2.05, 4.69) is 23.7 Å². The summed E-state index contributed by atoms with van der Waals surface area (Å²) in [6, 6.07) is 11.8. The molecule has 0 bridgehead atoms. The first-order valence-corrected chi connectivity index (χ1v) is 10.0. The summed E-state index contributed by atoms with van der Waals surface area (Å²) in [5, 5.41) is 10.9. The molecule has 0 saturated carbocycles. The van der Waals surface area contributed by atoms with Gasteiger partial charge in [0.25, 0.3) is 11.7 Å². The normalized spacial score (nSPS) is 18.6. The van der Waals surface area contributed by atoms with Gasteiger partial charge in [0, 0.05) is 24.5 Å². The van der Waals surface area contributed by atoms with E-state index in [0.29, 0.717) is 12.1 Å². The molecule has 1 aliphatic rings. The Labute approximate surface area is 171 Å². The van der Waals surface area contributed by atoms with Crippen molar-refractivity contribution in [1.82, 2.24) is 14.8 Å². The maximum absolute atomic E-state index is 12.9. The number of ketones is 1. The Morgan fingerprint density at radius 2 is 1.72 bits per heavy atom. The third-order valence-corrected chi connectivity index (χ3v) is 5.38. The van der Waals surface area contributed by atoms with E-state index < -0.39 is 17.7 Å². The van der Waals surface area contributed by atoms with E-state index in [4.69, 9.17) is 0 Å². The zero-order valence-electron chi connectivity index (χ0n) is 16.9. The Balaban J connectivity index is 1.98. The van der Waals surface area contributed by atoms with Crippen molar-refractivity contribution < 1.29 is 14.7 Å². The predicted octanol–water partition coefficient (Wildman–Crippen LogP) is 3.24. The minimum Gasteiger partial charge on any atom is -0.507 e. The molecule has 6 nitrogen and oxygen atoms in total. The number of aromatic nitrogens is 1. The lowest BCUT2D eigenvalue weighted by atomic mass is 9.96. The molecule has 3 rings (SSSR count). The third-order valence-electron chi connectivity index (χ3n) is 5.38. The second-order valence-corrected chi connectivity index (χ2v) is 7.02. The van der Waals surface area contributed by atoms with Crippen molar-refractivity contribution in [3.05, 3.63) is 71.6 Å². The average Bonchev–Trinajstić information content (AvgIpc) is 3.02. The molecule has 1 amide bonds. The van der Waals surface area contributed by atoms with Crippen molar-refractivity contribution in [1.29, 1.82) is 0 Å². The van der Waals surface area contributed by atoms with Gasteiger partial charge in [-0.15, -0.1) is 0 Å². The first-order valence-electron chi connectivity index (χ1n) is 10.0. The number of carbonyl (C=O) groups is 2. The number of hydrogen-bond acceptors (Lipinski definition) is 5. The van der Waals surface area contributed by atoms with E-state index in [1.54, 1.807) is 53.7 Å². The summed E-state index contributed by atoms with van der Waals surface area (Å²) in [5.74, 6) is -1.35. The van der Waals surface area contributed by atoms with Crippen LogP contribution >= 0.6 is 0 Å². The molecule has 0 radical (unpaired) electrons. The highest BCUT2D eigenvalue weighted by Gasteiger charge is 2.45. The standard InChI is InChI=1S/C23H27N3O3/c1-3-25(4-2)15-8-16-26-20(17-11-13-24-14-12-17)19(22(28)23(26)29)21(27)18-9-6-5-7-10-18/h5-7,9-14,20,27H,3-4,8,15-16H2,1-2H3/b21-19+/t20-/m1/s1. The minimum atomic E-state index is -0.643. The van der Waals surface area contributed by atoms with Crippen molar-refractivity contribution >= 4 is 17.4 Å². The van der Waals surface area contributed by atoms with Gasteiger partial charge in [0.05, 0.1) is 11.6 Å². The largest absolute Gasteiger partial charge is 0.507 e. The number of pyridine rings is 1. The number of nitrogens with zero attached hydrogens (tertiary/aromatic N) is 3. The Hall–Kier alpha value is -2.99. The fourth-order valence-electron chi connectivity index (χ4n) is 3.76. The molecule has 0 spiro atoms. The summed E-state index contributed by atoms with van der Waals surface area (Å²) >= 11 is 0. The molecule has 1 saturated heterocycles. The zero-order chi connectivity index (χ0) is 20.8. The molecule has 29 heavy (non-hydrogen) atoms. The van der Waals surface area contributed by atoms with Gasteiger partial charge in [-0.3, -0.25) is 14.6 Å². The molecule has 0 aliphatic carbocycles. The third kappa shape index (κ3) is 4.38. The van der Waals surface area contributed by atoms with Gasteiger partial charge in [-0.2, -0.15) is 0 Å². The van der Waals surface area contributed by atoms with Gasteiger partial charge in [-0.25, -0.2) is 0 Å². The molecule has 1 fully saturated rings. The maximum atomic E-state index is 12.9. The van der Waals surface area contributed by atoms with E-state index >= 15 is 0 Å². The van der Waals surface area contributed by atoms with Crippen LogP contribution in [-0.2, 0) is 9.59 Å². The highest BCUT2D eigenvalue weighted by Crippen LogP contribution is 2.39. The average molecular weight is 393 g/mol. The SMILES string of the molecule is CCN(CC)CCCN1C(=O)C(=O)/C(=C(/O)c2ccccc2)[C@H]1c1ccncc1. The fourth-order valence-corrected chi connectivity index (χ4v) is 3.76. The monoisotopic (exact) mass is 393 g/mol. The van der Waals surface area contributed by atoms with Crippen LogP contribution in [0.1, 0.15) is 37.4 Å². The number of hydrogen-bond donors (Lipinski definition) is 1. The lowest BCUT2D eigenvalue weighted by molar-refractivity contribution is -0.140. The second kappa shape index (κ2) is 9.47. The lowest BCUT2D eigenvalue weighted by Gasteiger charge is -2.26. The van der Waals surface area contributed by atoms with Gasteiger partial charge in [0.2, 0.25) is 0 Å². The van der Waals surface area contributed by atoms with Crippen LogP contribution in [-0.4, -0.2) is 57.8 Å². The summed E-state index contributed by atoms with van der Waals surface area (Å²) in [5.41, 5.74) is 1.42. The lowest BCUT2D eigenvalue weighted by Crippen LogP contribution is -2.33. The van der Waals surface area contributed by atoms with Crippen molar-refractivity contribution in [2.45, 2.75) is 26.3 Å². The quantitative estimate of drug-likeness (QED) is 0.423. The van der Waals surface area contributed by atoms with Crippen molar-refractivity contribution in [2.75, 3.05) is 26.2 Å². The second-order valence-electron chi connectivity index (χ2n) is 7.02. The predicted molar refractivity (Wildman–Crippen MR) is 112 cm³/mol. The Bertz CT molecular complexity index is 877. The smallest absolute Gasteiger partial charge is 0.295 e. The van der Waals surface area contributed by atoms with Gasteiger partial charge in [-0.05, 0) is 43.8 Å². The van der Waals surface area contributed by atoms with Crippen LogP contribution in [0.25, 0.3) is 5.76 Å². The molecule has 2 aromatic rings. The van der Waals surface area contributed by atoms with Gasteiger partial charge in [-0.1, -0.05) is 44.2 Å². The van der Waals surface area contributed by atoms with Crippen LogP contribution in [0.4, 0.5) is 0 Å². The Morgan fingerprint density at radius 3 is 2.34 bits per heavy atom. The zero-order valence-corrected chi connectivity index (χ0v) is 16.9. The van der Waals surface area contributed by atoms with E-state index in [-0.39, 0.29) is 11.3 Å². The molecule has 2 heterocycles. The first-order chi connectivity index (χ1) is 14.1. The molecule has 1 aromatic heterocycles. The summed E-state index contributed by atoms with van der Waals surface area (Å²) in [7, 11) is 0. The van der Waals surface area contributed by atoms with E-state index in [1.165, 1.54) is 0 Å². The number of carbonyl (C=O) groups excluding carboxylic acids is 2. The number of likely N-dealkylation sites (tertiary alicyclic amines) is 1. The molecular weight excluding hydrogens is 366 g/mol. The summed E-state index contributed by atoms with van der Waals surface area (Å²) in [6.07, 6.45) is 4.02. The fraction of sp³-hybridized carbons (Fsp3) is 0.348. The first kappa shape index (κ1) is 20.7. The van der Waals surface area contributed by atoms with Crippen LogP contribution in [0.5, 0.6) is 0 Å². The van der Waals surface area contributed by atoms with Gasteiger partial charge in [0.1, 0.15) is 5.76 Å². The molecule has 1 aromatic carbocycles. The summed E-state index contributed by atoms with van der Waals surface area (Å²) in [4.78, 5) is 33.6. The number of Topliss-reactive ketones (excluding diaryl/α,β-unsaturated/α-hetero) is 1. The minimum absolute atomic E-state index is 0.134. The number of aliphatic hydroxyl groups excluding tert-OH is 1. The molecule has 152 valence electrons. The molecule has 1 atom stereocenters. The van der Waals surface area contributed by atoms with Gasteiger partial charge >= 0.3 is 0 Å². The van der Waals surface area contributed by atoms with Crippen molar-refractivity contribution in [3.63, 3.8) is 0 Å². The van der Waals surface area contributed by atoms with Crippen LogP contribution in [0.15, 0.2) is 60.4 Å². The number of amides is 1. The van der Waals surface area contributed by atoms with Gasteiger partial charge < -0.3 is 14.9 Å². The number of aliphatic hydroxyl groups is 1. The Morgan fingerprint density at radius 1 is 1.07 bits per heavy atom. The van der Waals surface area contributed by atoms with E-state index in [0.717, 1.165) is 31.6 Å². The molecule has 1 N–H and O–H groups in total. The summed E-state index contributed by atoms with van der Waals surface area (Å²) in [6.45, 7) is 7.38. The maximum Gasteiger partial charge on any atom is 0.295 e. The van der Waals surface area contributed by atoms with Crippen LogP contribution in [0.2, 0.25) is 0 Å².